The Morgan fingerprint density at radius 3 is 1.89 bits per heavy atom. The average Bonchev–Trinajstić information content (AvgIpc) is 2.87. The molecule has 0 heterocycles. The Hall–Kier alpha value is -2.88. The van der Waals surface area contributed by atoms with Crippen LogP contribution in [0.15, 0.2) is 84.9 Å². The largest absolute Gasteiger partial charge is 0.497 e. The Balaban J connectivity index is 1.93. The second-order valence-corrected chi connectivity index (χ2v) is 13.7. The summed E-state index contributed by atoms with van der Waals surface area (Å²) in [5.74, 6) is 6.67. The third kappa shape index (κ3) is 6.84. The summed E-state index contributed by atoms with van der Waals surface area (Å²) in [4.78, 5) is 0. The van der Waals surface area contributed by atoms with Crippen LogP contribution in [-0.4, -0.2) is 39.9 Å². The van der Waals surface area contributed by atoms with Crippen molar-refractivity contribution in [1.29, 1.82) is 0 Å². The predicted octanol–water partition coefficient (Wildman–Crippen LogP) is 4.54. The average molecular weight is 489 g/mol. The molecule has 3 aromatic carbocycles. The van der Waals surface area contributed by atoms with Gasteiger partial charge >= 0.3 is 0 Å². The monoisotopic (exact) mass is 488 g/mol. The summed E-state index contributed by atoms with van der Waals surface area (Å²) in [5.41, 5.74) is 1.07. The fourth-order valence-electron chi connectivity index (χ4n) is 4.35. The van der Waals surface area contributed by atoms with E-state index in [1.54, 1.807) is 7.11 Å². The number of rotatable bonds is 10. The number of hydrogen-bond donors (Lipinski definition) is 1. The lowest BCUT2D eigenvalue weighted by molar-refractivity contribution is 0.0387. The van der Waals surface area contributed by atoms with Gasteiger partial charge in [0, 0.05) is 6.42 Å². The Morgan fingerprint density at radius 2 is 1.40 bits per heavy atom. The summed E-state index contributed by atoms with van der Waals surface area (Å²) in [6.07, 6.45) is 0.229. The van der Waals surface area contributed by atoms with Gasteiger partial charge in [0.15, 0.2) is 0 Å². The van der Waals surface area contributed by atoms with E-state index in [0.29, 0.717) is 19.6 Å². The smallest absolute Gasteiger partial charge is 0.261 e. The van der Waals surface area contributed by atoms with Gasteiger partial charge < -0.3 is 19.0 Å². The first-order chi connectivity index (χ1) is 16.9. The Labute approximate surface area is 211 Å². The molecule has 3 aromatic rings. The minimum Gasteiger partial charge on any atom is -0.497 e. The van der Waals surface area contributed by atoms with Crippen molar-refractivity contribution >= 4 is 18.7 Å². The summed E-state index contributed by atoms with van der Waals surface area (Å²) in [5, 5.41) is 11.5. The number of aliphatic hydroxyl groups excluding tert-OH is 1. The first kappa shape index (κ1) is 26.7. The lowest BCUT2D eigenvalue weighted by Crippen LogP contribution is -2.68. The lowest BCUT2D eigenvalue weighted by Gasteiger charge is -2.45. The SMILES string of the molecule is COc1ccc(COC[C@H](CC#CCO)O[Si](c2ccccc2)(c2ccccc2)C(C)(C)C)cc1. The summed E-state index contributed by atoms with van der Waals surface area (Å²) >= 11 is 0. The lowest BCUT2D eigenvalue weighted by atomic mass is 10.2. The molecular weight excluding hydrogens is 452 g/mol. The third-order valence-electron chi connectivity index (χ3n) is 6.03. The van der Waals surface area contributed by atoms with Gasteiger partial charge in [-0.15, -0.1) is 0 Å². The van der Waals surface area contributed by atoms with Crippen LogP contribution in [0.25, 0.3) is 0 Å². The zero-order valence-corrected chi connectivity index (χ0v) is 22.2. The highest BCUT2D eigenvalue weighted by Gasteiger charge is 2.51. The number of hydrogen-bond acceptors (Lipinski definition) is 4. The maximum Gasteiger partial charge on any atom is 0.261 e. The van der Waals surface area contributed by atoms with E-state index in [0.717, 1.165) is 11.3 Å². The number of benzene rings is 3. The van der Waals surface area contributed by atoms with E-state index in [4.69, 9.17) is 13.9 Å². The molecule has 1 N–H and O–H groups in total. The second kappa shape index (κ2) is 12.7. The molecule has 0 radical (unpaired) electrons. The predicted molar refractivity (Wildman–Crippen MR) is 145 cm³/mol. The van der Waals surface area contributed by atoms with Gasteiger partial charge in [-0.3, -0.25) is 0 Å². The molecule has 35 heavy (non-hydrogen) atoms. The molecule has 0 aromatic heterocycles. The first-order valence-electron chi connectivity index (χ1n) is 12.0. The molecule has 0 spiro atoms. The Kier molecular flexibility index (Phi) is 9.70. The van der Waals surface area contributed by atoms with Crippen LogP contribution in [0.1, 0.15) is 32.8 Å². The van der Waals surface area contributed by atoms with Crippen LogP contribution < -0.4 is 15.1 Å². The van der Waals surface area contributed by atoms with Crippen molar-refractivity contribution in [3.05, 3.63) is 90.5 Å². The quantitative estimate of drug-likeness (QED) is 0.336. The highest BCUT2D eigenvalue weighted by Crippen LogP contribution is 2.37. The molecule has 3 rings (SSSR count). The first-order valence-corrected chi connectivity index (χ1v) is 13.9. The van der Waals surface area contributed by atoms with Crippen molar-refractivity contribution in [1.82, 2.24) is 0 Å². The zero-order valence-electron chi connectivity index (χ0n) is 21.2. The van der Waals surface area contributed by atoms with Crippen LogP contribution in [0, 0.1) is 11.8 Å². The molecule has 0 aliphatic carbocycles. The second-order valence-electron chi connectivity index (χ2n) is 9.48. The van der Waals surface area contributed by atoms with E-state index in [9.17, 15) is 5.11 Å². The molecule has 0 aliphatic heterocycles. The minimum absolute atomic E-state index is 0.144. The normalized spacial score (nSPS) is 12.5. The van der Waals surface area contributed by atoms with E-state index in [1.807, 2.05) is 36.4 Å². The highest BCUT2D eigenvalue weighted by atomic mass is 28.4. The maximum absolute atomic E-state index is 9.22. The van der Waals surface area contributed by atoms with E-state index >= 15 is 0 Å². The number of ether oxygens (including phenoxy) is 2. The van der Waals surface area contributed by atoms with Crippen molar-refractivity contribution in [2.24, 2.45) is 0 Å². The van der Waals surface area contributed by atoms with E-state index in [2.05, 4.69) is 81.1 Å². The molecule has 1 atom stereocenters. The van der Waals surface area contributed by atoms with E-state index < -0.39 is 8.32 Å². The molecule has 184 valence electrons. The Bertz CT molecular complexity index is 1040. The summed E-state index contributed by atoms with van der Waals surface area (Å²) < 4.78 is 18.6. The van der Waals surface area contributed by atoms with Crippen molar-refractivity contribution < 1.29 is 19.0 Å². The third-order valence-corrected chi connectivity index (χ3v) is 11.1. The molecule has 0 saturated heterocycles. The number of aliphatic hydroxyl groups is 1. The van der Waals surface area contributed by atoms with Crippen molar-refractivity contribution in [3.63, 3.8) is 0 Å². The van der Waals surface area contributed by atoms with Gasteiger partial charge in [-0.05, 0) is 33.1 Å². The molecular formula is C30H36O4Si. The van der Waals surface area contributed by atoms with Gasteiger partial charge in [0.05, 0.1) is 26.4 Å². The zero-order chi connectivity index (χ0) is 25.2. The van der Waals surface area contributed by atoms with Gasteiger partial charge in [0.25, 0.3) is 8.32 Å². The maximum atomic E-state index is 9.22. The molecule has 4 nitrogen and oxygen atoms in total. The van der Waals surface area contributed by atoms with Gasteiger partial charge in [-0.2, -0.15) is 0 Å². The summed E-state index contributed by atoms with van der Waals surface area (Å²) in [6, 6.07) is 29.0. The van der Waals surface area contributed by atoms with Gasteiger partial charge in [-0.25, -0.2) is 0 Å². The highest BCUT2D eigenvalue weighted by molar-refractivity contribution is 6.99. The van der Waals surface area contributed by atoms with Crippen LogP contribution in [0.3, 0.4) is 0 Å². The minimum atomic E-state index is -2.74. The van der Waals surface area contributed by atoms with Crippen LogP contribution in [0.4, 0.5) is 0 Å². The molecule has 0 saturated carbocycles. The molecule has 0 aliphatic rings. The van der Waals surface area contributed by atoms with Gasteiger partial charge in [0.1, 0.15) is 12.4 Å². The molecule has 0 bridgehead atoms. The summed E-state index contributed by atoms with van der Waals surface area (Å²) in [6.45, 7) is 7.48. The molecule has 0 unspecified atom stereocenters. The molecule has 0 amide bonds. The fourth-order valence-corrected chi connectivity index (χ4v) is 9.01. The van der Waals surface area contributed by atoms with Crippen LogP contribution in [-0.2, 0) is 15.8 Å². The van der Waals surface area contributed by atoms with Crippen molar-refractivity contribution in [2.45, 2.75) is 44.9 Å². The molecule has 5 heteroatoms. The molecule has 0 fully saturated rings. The van der Waals surface area contributed by atoms with E-state index in [1.165, 1.54) is 10.4 Å². The van der Waals surface area contributed by atoms with E-state index in [-0.39, 0.29) is 17.7 Å². The van der Waals surface area contributed by atoms with Crippen molar-refractivity contribution in [2.75, 3.05) is 20.3 Å². The Morgan fingerprint density at radius 1 is 0.829 bits per heavy atom. The topological polar surface area (TPSA) is 47.9 Å². The van der Waals surface area contributed by atoms with Crippen molar-refractivity contribution in [3.8, 4) is 17.6 Å². The van der Waals surface area contributed by atoms with Gasteiger partial charge in [0.2, 0.25) is 0 Å². The van der Waals surface area contributed by atoms with Crippen LogP contribution in [0.2, 0.25) is 5.04 Å². The van der Waals surface area contributed by atoms with Gasteiger partial charge in [-0.1, -0.05) is 105 Å². The van der Waals surface area contributed by atoms with Crippen LogP contribution in [0.5, 0.6) is 5.75 Å². The standard InChI is InChI=1S/C30H36O4Si/c1-30(2,3)35(28-14-7-5-8-15-28,29-16-9-6-10-17-29)34-27(13-11-12-22-31)24-33-23-25-18-20-26(32-4)21-19-25/h5-10,14-21,27,31H,13,22-24H2,1-4H3/t27-/m0/s1. The fraction of sp³-hybridized carbons (Fsp3) is 0.333. The summed E-state index contributed by atoms with van der Waals surface area (Å²) in [7, 11) is -1.08. The number of methoxy groups -OCH3 is 1. The van der Waals surface area contributed by atoms with Crippen LogP contribution >= 0.6 is 0 Å².